The van der Waals surface area contributed by atoms with E-state index >= 15 is 0 Å². The van der Waals surface area contributed by atoms with Crippen molar-refractivity contribution in [1.82, 2.24) is 15.0 Å². The Morgan fingerprint density at radius 3 is 3.00 bits per heavy atom. The third kappa shape index (κ3) is 1.79. The van der Waals surface area contributed by atoms with E-state index in [1.807, 2.05) is 29.7 Å². The van der Waals surface area contributed by atoms with E-state index in [4.69, 9.17) is 17.4 Å². The van der Waals surface area contributed by atoms with Crippen molar-refractivity contribution in [3.8, 4) is 0 Å². The number of nitrogens with one attached hydrogen (secondary N) is 1. The number of carbonyl (C=O) groups excluding carboxylic acids is 1. The van der Waals surface area contributed by atoms with Gasteiger partial charge in [-0.15, -0.1) is 0 Å². The molecule has 0 spiro atoms. The molecule has 5 nitrogen and oxygen atoms in total. The zero-order valence-corrected chi connectivity index (χ0v) is 8.53. The Bertz CT molecular complexity index is 508. The first-order chi connectivity index (χ1) is 7.22. The Morgan fingerprint density at radius 2 is 2.27 bits per heavy atom. The van der Waals surface area contributed by atoms with Gasteiger partial charge in [0.05, 0.1) is 11.0 Å². The average Bonchev–Trinajstić information content (AvgIpc) is 2.55. The van der Waals surface area contributed by atoms with Gasteiger partial charge in [-0.2, -0.15) is 0 Å². The molecule has 0 saturated heterocycles. The zero-order valence-electron chi connectivity index (χ0n) is 7.77. The summed E-state index contributed by atoms with van der Waals surface area (Å²) in [4.78, 5) is 15.2. The van der Waals surface area contributed by atoms with Crippen LogP contribution >= 0.6 is 11.6 Å². The number of aromatic nitrogens is 2. The van der Waals surface area contributed by atoms with Crippen LogP contribution in [0.2, 0.25) is 5.28 Å². The van der Waals surface area contributed by atoms with Gasteiger partial charge in [0, 0.05) is 0 Å². The number of nitrogens with zero attached hydrogens (tertiary/aromatic N) is 2. The summed E-state index contributed by atoms with van der Waals surface area (Å²) >= 11 is 5.90. The van der Waals surface area contributed by atoms with Crippen molar-refractivity contribution in [3.05, 3.63) is 29.5 Å². The molecule has 0 aliphatic rings. The van der Waals surface area contributed by atoms with Crippen LogP contribution < -0.4 is 11.3 Å². The van der Waals surface area contributed by atoms with Gasteiger partial charge >= 0.3 is 0 Å². The SMILES string of the molecule is NNC(=O)Cn1c(Cl)nc2ccccc21. The summed E-state index contributed by atoms with van der Waals surface area (Å²) in [5.41, 5.74) is 3.62. The standard InChI is InChI=1S/C9H9ClN4O/c10-9-12-6-3-1-2-4-7(6)14(9)5-8(15)13-11/h1-4H,5,11H2,(H,13,15). The molecule has 2 aromatic rings. The Morgan fingerprint density at radius 1 is 1.53 bits per heavy atom. The van der Waals surface area contributed by atoms with Crippen LogP contribution in [0.5, 0.6) is 0 Å². The second-order valence-electron chi connectivity index (χ2n) is 3.02. The van der Waals surface area contributed by atoms with E-state index in [1.54, 1.807) is 4.57 Å². The molecule has 2 rings (SSSR count). The van der Waals surface area contributed by atoms with Crippen LogP contribution in [0.1, 0.15) is 0 Å². The molecule has 0 bridgehead atoms. The molecule has 0 atom stereocenters. The quantitative estimate of drug-likeness (QED) is 0.448. The average molecular weight is 225 g/mol. The molecule has 1 aromatic carbocycles. The summed E-state index contributed by atoms with van der Waals surface area (Å²) in [5, 5.41) is 0.278. The van der Waals surface area contributed by atoms with E-state index in [0.717, 1.165) is 11.0 Å². The Balaban J connectivity index is 2.49. The number of hydrogen-bond acceptors (Lipinski definition) is 3. The lowest BCUT2D eigenvalue weighted by Crippen LogP contribution is -2.33. The van der Waals surface area contributed by atoms with Crippen LogP contribution in [-0.4, -0.2) is 15.5 Å². The second-order valence-corrected chi connectivity index (χ2v) is 3.36. The van der Waals surface area contributed by atoms with E-state index in [-0.39, 0.29) is 17.7 Å². The van der Waals surface area contributed by atoms with Crippen molar-refractivity contribution in [2.45, 2.75) is 6.54 Å². The maximum absolute atomic E-state index is 11.1. The normalized spacial score (nSPS) is 10.5. The molecule has 0 unspecified atom stereocenters. The fourth-order valence-corrected chi connectivity index (χ4v) is 1.63. The molecule has 0 saturated carbocycles. The molecule has 0 aliphatic carbocycles. The van der Waals surface area contributed by atoms with Gasteiger partial charge in [0.1, 0.15) is 6.54 Å². The first-order valence-corrected chi connectivity index (χ1v) is 4.70. The Labute approximate surface area is 90.8 Å². The summed E-state index contributed by atoms with van der Waals surface area (Å²) in [6, 6.07) is 7.40. The van der Waals surface area contributed by atoms with Crippen LogP contribution in [0.25, 0.3) is 11.0 Å². The minimum atomic E-state index is -0.319. The lowest BCUT2D eigenvalue weighted by molar-refractivity contribution is -0.121. The molecule has 0 aliphatic heterocycles. The summed E-state index contributed by atoms with van der Waals surface area (Å²) < 4.78 is 1.60. The maximum Gasteiger partial charge on any atom is 0.253 e. The highest BCUT2D eigenvalue weighted by atomic mass is 35.5. The molecule has 6 heteroatoms. The van der Waals surface area contributed by atoms with Gasteiger partial charge in [0.2, 0.25) is 5.28 Å². The number of fused-ring (bicyclic) bond motifs is 1. The molecule has 1 heterocycles. The van der Waals surface area contributed by atoms with Crippen molar-refractivity contribution in [3.63, 3.8) is 0 Å². The van der Waals surface area contributed by atoms with E-state index in [1.165, 1.54) is 0 Å². The van der Waals surface area contributed by atoms with Crippen LogP contribution in [0.15, 0.2) is 24.3 Å². The molecule has 0 radical (unpaired) electrons. The van der Waals surface area contributed by atoms with Crippen molar-refractivity contribution < 1.29 is 4.79 Å². The molecule has 3 N–H and O–H groups in total. The highest BCUT2D eigenvalue weighted by Crippen LogP contribution is 2.18. The third-order valence-electron chi connectivity index (χ3n) is 2.07. The number of nitrogens with two attached hydrogens (primary N) is 1. The summed E-state index contributed by atoms with van der Waals surface area (Å²) in [6.45, 7) is 0.0653. The smallest absolute Gasteiger partial charge is 0.253 e. The fourth-order valence-electron chi connectivity index (χ4n) is 1.39. The van der Waals surface area contributed by atoms with Gasteiger partial charge in [-0.05, 0) is 23.7 Å². The van der Waals surface area contributed by atoms with Crippen LogP contribution in [0, 0.1) is 0 Å². The molecule has 1 amide bonds. The van der Waals surface area contributed by atoms with Gasteiger partial charge in [-0.3, -0.25) is 10.2 Å². The number of hydrazine groups is 1. The predicted molar refractivity (Wildman–Crippen MR) is 57.1 cm³/mol. The maximum atomic E-state index is 11.1. The minimum Gasteiger partial charge on any atom is -0.305 e. The summed E-state index contributed by atoms with van der Waals surface area (Å²) in [6.07, 6.45) is 0. The second kappa shape index (κ2) is 3.88. The summed E-state index contributed by atoms with van der Waals surface area (Å²) in [5.74, 6) is 4.69. The Kier molecular flexibility index (Phi) is 2.57. The van der Waals surface area contributed by atoms with E-state index in [0.29, 0.717) is 0 Å². The zero-order chi connectivity index (χ0) is 10.8. The van der Waals surface area contributed by atoms with Gasteiger partial charge < -0.3 is 4.57 Å². The molecule has 78 valence electrons. The number of hydrogen-bond donors (Lipinski definition) is 2. The highest BCUT2D eigenvalue weighted by molar-refractivity contribution is 6.29. The number of imidazole rings is 1. The van der Waals surface area contributed by atoms with Crippen molar-refractivity contribution in [2.24, 2.45) is 5.84 Å². The highest BCUT2D eigenvalue weighted by Gasteiger charge is 2.10. The minimum absolute atomic E-state index is 0.0653. The van der Waals surface area contributed by atoms with E-state index < -0.39 is 0 Å². The lowest BCUT2D eigenvalue weighted by atomic mass is 10.3. The predicted octanol–water partition coefficient (Wildman–Crippen LogP) is 0.680. The number of carbonyl (C=O) groups is 1. The number of benzene rings is 1. The monoisotopic (exact) mass is 224 g/mol. The first-order valence-electron chi connectivity index (χ1n) is 4.32. The molecular formula is C9H9ClN4O. The summed E-state index contributed by atoms with van der Waals surface area (Å²) in [7, 11) is 0. The third-order valence-corrected chi connectivity index (χ3v) is 2.36. The van der Waals surface area contributed by atoms with Gasteiger partial charge in [0.25, 0.3) is 5.91 Å². The number of para-hydroxylation sites is 2. The van der Waals surface area contributed by atoms with Crippen LogP contribution in [-0.2, 0) is 11.3 Å². The number of amides is 1. The van der Waals surface area contributed by atoms with Crippen molar-refractivity contribution in [2.75, 3.05) is 0 Å². The van der Waals surface area contributed by atoms with Gasteiger partial charge in [0.15, 0.2) is 0 Å². The van der Waals surface area contributed by atoms with Gasteiger partial charge in [-0.1, -0.05) is 12.1 Å². The van der Waals surface area contributed by atoms with Crippen molar-refractivity contribution in [1.29, 1.82) is 0 Å². The molecular weight excluding hydrogens is 216 g/mol. The van der Waals surface area contributed by atoms with E-state index in [9.17, 15) is 4.79 Å². The van der Waals surface area contributed by atoms with E-state index in [2.05, 4.69) is 4.98 Å². The number of rotatable bonds is 2. The molecule has 0 fully saturated rings. The number of halogens is 1. The lowest BCUT2D eigenvalue weighted by Gasteiger charge is -2.03. The Hall–Kier alpha value is -1.59. The van der Waals surface area contributed by atoms with Crippen molar-refractivity contribution >= 4 is 28.5 Å². The van der Waals surface area contributed by atoms with Crippen LogP contribution in [0.3, 0.4) is 0 Å². The molecule has 15 heavy (non-hydrogen) atoms. The first kappa shape index (κ1) is 9.95. The molecule has 1 aromatic heterocycles. The van der Waals surface area contributed by atoms with Gasteiger partial charge in [-0.25, -0.2) is 10.8 Å². The topological polar surface area (TPSA) is 72.9 Å². The largest absolute Gasteiger partial charge is 0.305 e. The fraction of sp³-hybridized carbons (Fsp3) is 0.111. The van der Waals surface area contributed by atoms with Crippen LogP contribution in [0.4, 0.5) is 0 Å².